The number of nitrogens with one attached hydrogen (secondary N) is 2. The van der Waals surface area contributed by atoms with E-state index in [0.717, 1.165) is 36.6 Å². The van der Waals surface area contributed by atoms with Crippen LogP contribution in [0.1, 0.15) is 32.6 Å². The summed E-state index contributed by atoms with van der Waals surface area (Å²) in [5.74, 6) is 1.75. The lowest BCUT2D eigenvalue weighted by Crippen LogP contribution is -2.39. The summed E-state index contributed by atoms with van der Waals surface area (Å²) < 4.78 is 7.36. The third-order valence-corrected chi connectivity index (χ3v) is 5.54. The van der Waals surface area contributed by atoms with Crippen molar-refractivity contribution in [3.05, 3.63) is 36.7 Å². The van der Waals surface area contributed by atoms with Crippen molar-refractivity contribution in [2.24, 2.45) is 0 Å². The summed E-state index contributed by atoms with van der Waals surface area (Å²) in [6.45, 7) is 1.18. The number of aromatic nitrogens is 4. The first kappa shape index (κ1) is 22.0. The van der Waals surface area contributed by atoms with Crippen molar-refractivity contribution >= 4 is 22.8 Å². The van der Waals surface area contributed by atoms with E-state index in [9.17, 15) is 9.90 Å². The Morgan fingerprint density at radius 1 is 1.25 bits per heavy atom. The SMILES string of the molecule is CC(=O)NC1CCC(Nc2nccc(-n3ncc4c(OCC(O)CO)cccc43)n2)CC1. The van der Waals surface area contributed by atoms with Crippen LogP contribution in [-0.4, -0.2) is 67.3 Å². The number of nitrogens with zero attached hydrogens (tertiary/aromatic N) is 4. The molecule has 4 N–H and O–H groups in total. The van der Waals surface area contributed by atoms with Crippen LogP contribution in [0.3, 0.4) is 0 Å². The van der Waals surface area contributed by atoms with Crippen molar-refractivity contribution in [3.63, 3.8) is 0 Å². The molecule has 2 aromatic heterocycles. The van der Waals surface area contributed by atoms with Crippen molar-refractivity contribution in [3.8, 4) is 11.6 Å². The first-order valence-corrected chi connectivity index (χ1v) is 10.8. The van der Waals surface area contributed by atoms with Gasteiger partial charge in [0.1, 0.15) is 18.5 Å². The van der Waals surface area contributed by atoms with Crippen LogP contribution in [0.4, 0.5) is 5.95 Å². The van der Waals surface area contributed by atoms with E-state index in [-0.39, 0.29) is 31.2 Å². The van der Waals surface area contributed by atoms with Gasteiger partial charge in [0.15, 0.2) is 5.82 Å². The summed E-state index contributed by atoms with van der Waals surface area (Å²) in [7, 11) is 0. The molecule has 4 rings (SSSR count). The lowest BCUT2D eigenvalue weighted by atomic mass is 9.91. The van der Waals surface area contributed by atoms with Crippen LogP contribution >= 0.6 is 0 Å². The van der Waals surface area contributed by atoms with Crippen molar-refractivity contribution in [1.82, 2.24) is 25.1 Å². The number of ether oxygens (including phenoxy) is 1. The zero-order chi connectivity index (χ0) is 22.5. The predicted octanol–water partition coefficient (Wildman–Crippen LogP) is 1.41. The number of benzene rings is 1. The van der Waals surface area contributed by atoms with Gasteiger partial charge in [0.25, 0.3) is 0 Å². The largest absolute Gasteiger partial charge is 0.490 e. The first-order valence-electron chi connectivity index (χ1n) is 10.8. The molecule has 0 spiro atoms. The number of hydrogen-bond acceptors (Lipinski definition) is 8. The molecule has 1 atom stereocenters. The lowest BCUT2D eigenvalue weighted by Gasteiger charge is -2.29. The normalized spacial score (nSPS) is 19.5. The Balaban J connectivity index is 1.47. The highest BCUT2D eigenvalue weighted by atomic mass is 16.5. The van der Waals surface area contributed by atoms with Gasteiger partial charge in [-0.05, 0) is 37.8 Å². The van der Waals surface area contributed by atoms with Gasteiger partial charge in [0.05, 0.1) is 23.7 Å². The number of carbonyl (C=O) groups is 1. The van der Waals surface area contributed by atoms with Gasteiger partial charge in [-0.2, -0.15) is 10.1 Å². The molecule has 0 aliphatic heterocycles. The topological polar surface area (TPSA) is 134 Å². The molecule has 0 saturated heterocycles. The minimum absolute atomic E-state index is 0.00739. The Hall–Kier alpha value is -3.24. The Morgan fingerprint density at radius 2 is 2.03 bits per heavy atom. The van der Waals surface area contributed by atoms with E-state index in [2.05, 4.69) is 25.7 Å². The molecule has 0 bridgehead atoms. The summed E-state index contributed by atoms with van der Waals surface area (Å²) in [6, 6.07) is 7.83. The smallest absolute Gasteiger partial charge is 0.224 e. The number of anilines is 1. The van der Waals surface area contributed by atoms with Crippen LogP contribution in [0.25, 0.3) is 16.7 Å². The van der Waals surface area contributed by atoms with E-state index in [0.29, 0.717) is 17.5 Å². The molecule has 1 aromatic carbocycles. The van der Waals surface area contributed by atoms with Crippen LogP contribution in [0, 0.1) is 0 Å². The van der Waals surface area contributed by atoms with E-state index in [1.54, 1.807) is 36.1 Å². The average molecular weight is 441 g/mol. The highest BCUT2D eigenvalue weighted by Gasteiger charge is 2.22. The monoisotopic (exact) mass is 440 g/mol. The van der Waals surface area contributed by atoms with Gasteiger partial charge in [0, 0.05) is 31.3 Å². The van der Waals surface area contributed by atoms with E-state index in [1.807, 2.05) is 12.1 Å². The summed E-state index contributed by atoms with van der Waals surface area (Å²) in [4.78, 5) is 20.2. The Morgan fingerprint density at radius 3 is 2.78 bits per heavy atom. The first-order chi connectivity index (χ1) is 15.5. The summed E-state index contributed by atoms with van der Waals surface area (Å²) in [6.07, 6.45) is 6.16. The maximum Gasteiger partial charge on any atom is 0.224 e. The predicted molar refractivity (Wildman–Crippen MR) is 119 cm³/mol. The standard InChI is InChI=1S/C22H28N6O4/c1-14(30)25-15-5-7-16(8-6-15)26-22-23-10-9-21(27-22)28-19-3-2-4-20(18(19)11-24-28)32-13-17(31)12-29/h2-4,9-11,15-17,29,31H,5-8,12-13H2,1H3,(H,25,30)(H,23,26,27). The van der Waals surface area contributed by atoms with Crippen LogP contribution in [0.15, 0.2) is 36.7 Å². The van der Waals surface area contributed by atoms with Gasteiger partial charge in [-0.3, -0.25) is 4.79 Å². The molecule has 10 nitrogen and oxygen atoms in total. The van der Waals surface area contributed by atoms with Crippen LogP contribution in [0.5, 0.6) is 5.75 Å². The molecule has 1 saturated carbocycles. The zero-order valence-electron chi connectivity index (χ0n) is 17.9. The maximum atomic E-state index is 11.2. The molecule has 1 aliphatic carbocycles. The van der Waals surface area contributed by atoms with Gasteiger partial charge in [-0.25, -0.2) is 9.67 Å². The molecule has 10 heteroatoms. The lowest BCUT2D eigenvalue weighted by molar-refractivity contribution is -0.119. The van der Waals surface area contributed by atoms with Gasteiger partial charge in [0.2, 0.25) is 11.9 Å². The number of hydrogen-bond donors (Lipinski definition) is 4. The highest BCUT2D eigenvalue weighted by molar-refractivity contribution is 5.86. The summed E-state index contributed by atoms with van der Waals surface area (Å²) >= 11 is 0. The third kappa shape index (κ3) is 5.14. The van der Waals surface area contributed by atoms with Crippen molar-refractivity contribution in [2.45, 2.75) is 50.8 Å². The van der Waals surface area contributed by atoms with E-state index in [1.165, 1.54) is 0 Å². The van der Waals surface area contributed by atoms with Crippen molar-refractivity contribution in [1.29, 1.82) is 0 Å². The fourth-order valence-corrected chi connectivity index (χ4v) is 3.96. The fourth-order valence-electron chi connectivity index (χ4n) is 3.96. The molecule has 1 amide bonds. The number of carbonyl (C=O) groups excluding carboxylic acids is 1. The fraction of sp³-hybridized carbons (Fsp3) is 0.455. The van der Waals surface area contributed by atoms with Gasteiger partial charge < -0.3 is 25.6 Å². The summed E-state index contributed by atoms with van der Waals surface area (Å²) in [5.41, 5.74) is 0.807. The van der Waals surface area contributed by atoms with Gasteiger partial charge in [-0.15, -0.1) is 0 Å². The second-order valence-electron chi connectivity index (χ2n) is 8.02. The molecule has 0 radical (unpaired) electrons. The quantitative estimate of drug-likeness (QED) is 0.413. The molecule has 32 heavy (non-hydrogen) atoms. The number of amides is 1. The van der Waals surface area contributed by atoms with Gasteiger partial charge >= 0.3 is 0 Å². The molecule has 2 heterocycles. The van der Waals surface area contributed by atoms with E-state index in [4.69, 9.17) is 9.84 Å². The molecule has 1 fully saturated rings. The molecule has 170 valence electrons. The third-order valence-electron chi connectivity index (χ3n) is 5.54. The van der Waals surface area contributed by atoms with E-state index < -0.39 is 6.10 Å². The number of aliphatic hydroxyl groups excluding tert-OH is 2. The van der Waals surface area contributed by atoms with Crippen LogP contribution < -0.4 is 15.4 Å². The minimum atomic E-state index is -0.941. The highest BCUT2D eigenvalue weighted by Crippen LogP contribution is 2.27. The second-order valence-corrected chi connectivity index (χ2v) is 8.02. The maximum absolute atomic E-state index is 11.2. The molecular formula is C22H28N6O4. The van der Waals surface area contributed by atoms with Crippen LogP contribution in [0.2, 0.25) is 0 Å². The second kappa shape index (κ2) is 9.92. The molecular weight excluding hydrogens is 412 g/mol. The van der Waals surface area contributed by atoms with Gasteiger partial charge in [-0.1, -0.05) is 6.07 Å². The van der Waals surface area contributed by atoms with Crippen molar-refractivity contribution in [2.75, 3.05) is 18.5 Å². The molecule has 1 unspecified atom stereocenters. The Labute approximate surface area is 185 Å². The Bertz CT molecular complexity index is 1060. The van der Waals surface area contributed by atoms with E-state index >= 15 is 0 Å². The molecule has 3 aromatic rings. The number of rotatable bonds is 8. The van der Waals surface area contributed by atoms with Crippen molar-refractivity contribution < 1.29 is 19.7 Å². The minimum Gasteiger partial charge on any atom is -0.490 e. The van der Waals surface area contributed by atoms with Crippen LogP contribution in [-0.2, 0) is 4.79 Å². The Kier molecular flexibility index (Phi) is 6.81. The zero-order valence-corrected chi connectivity index (χ0v) is 17.9. The average Bonchev–Trinajstić information content (AvgIpc) is 3.23. The molecule has 1 aliphatic rings. The number of aliphatic hydroxyl groups is 2. The number of fused-ring (bicyclic) bond motifs is 1. The summed E-state index contributed by atoms with van der Waals surface area (Å²) in [5, 5.41) is 30.2.